The zero-order valence-corrected chi connectivity index (χ0v) is 11.8. The van der Waals surface area contributed by atoms with E-state index in [0.29, 0.717) is 18.4 Å². The third-order valence-electron chi connectivity index (χ3n) is 3.65. The summed E-state index contributed by atoms with van der Waals surface area (Å²) in [4.78, 5) is 13.1. The molecular formula is C14H28N2O2. The van der Waals surface area contributed by atoms with Gasteiger partial charge in [0.25, 0.3) is 0 Å². The number of aliphatic carboxylic acids is 1. The number of carbonyl (C=O) groups is 1. The lowest BCUT2D eigenvalue weighted by atomic mass is 10.0. The van der Waals surface area contributed by atoms with Crippen LogP contribution in [0, 0.1) is 5.92 Å². The molecule has 1 saturated heterocycles. The van der Waals surface area contributed by atoms with E-state index < -0.39 is 5.97 Å². The van der Waals surface area contributed by atoms with Crippen LogP contribution in [0.15, 0.2) is 0 Å². The summed E-state index contributed by atoms with van der Waals surface area (Å²) in [6.45, 7) is 8.74. The second-order valence-corrected chi connectivity index (χ2v) is 5.70. The maximum absolute atomic E-state index is 10.6. The molecule has 0 radical (unpaired) electrons. The number of hydrogen-bond donors (Lipinski definition) is 2. The number of piperidine rings is 1. The highest BCUT2D eigenvalue weighted by Crippen LogP contribution is 2.15. The molecule has 0 atom stereocenters. The van der Waals surface area contributed by atoms with Gasteiger partial charge in [0, 0.05) is 12.5 Å². The second-order valence-electron chi connectivity index (χ2n) is 5.70. The Morgan fingerprint density at radius 3 is 2.56 bits per heavy atom. The second kappa shape index (κ2) is 8.48. The number of nitrogens with zero attached hydrogens (tertiary/aromatic N) is 1. The summed E-state index contributed by atoms with van der Waals surface area (Å²) in [5.41, 5.74) is 0. The summed E-state index contributed by atoms with van der Waals surface area (Å²) in [7, 11) is 0. The number of rotatable bonds is 8. The van der Waals surface area contributed by atoms with Crippen molar-refractivity contribution in [2.24, 2.45) is 5.92 Å². The highest BCUT2D eigenvalue weighted by molar-refractivity contribution is 5.66. The van der Waals surface area contributed by atoms with Gasteiger partial charge in [-0.15, -0.1) is 0 Å². The largest absolute Gasteiger partial charge is 0.481 e. The molecule has 1 aliphatic rings. The number of carboxylic acid groups (broad SMARTS) is 1. The van der Waals surface area contributed by atoms with Crippen LogP contribution in [0.4, 0.5) is 0 Å². The normalized spacial score (nSPS) is 17.6. The van der Waals surface area contributed by atoms with Crippen LogP contribution in [0.2, 0.25) is 0 Å². The van der Waals surface area contributed by atoms with Crippen molar-refractivity contribution < 1.29 is 9.90 Å². The standard InChI is InChI=1S/C14H28N2O2/c1-12(2)7-11-16(10-3-4-14(17)18)13-5-8-15-9-6-13/h12-13,15H,3-11H2,1-2H3,(H,17,18). The fourth-order valence-electron chi connectivity index (χ4n) is 2.51. The fourth-order valence-corrected chi connectivity index (χ4v) is 2.51. The van der Waals surface area contributed by atoms with Crippen molar-refractivity contribution in [3.8, 4) is 0 Å². The van der Waals surface area contributed by atoms with Crippen LogP contribution < -0.4 is 5.32 Å². The van der Waals surface area contributed by atoms with Gasteiger partial charge in [0.2, 0.25) is 0 Å². The Balaban J connectivity index is 2.37. The van der Waals surface area contributed by atoms with Gasteiger partial charge in [-0.1, -0.05) is 13.8 Å². The van der Waals surface area contributed by atoms with Gasteiger partial charge in [0.1, 0.15) is 0 Å². The highest BCUT2D eigenvalue weighted by atomic mass is 16.4. The first-order valence-corrected chi connectivity index (χ1v) is 7.26. The minimum Gasteiger partial charge on any atom is -0.481 e. The Morgan fingerprint density at radius 2 is 2.00 bits per heavy atom. The van der Waals surface area contributed by atoms with Crippen molar-refractivity contribution in [2.75, 3.05) is 26.2 Å². The van der Waals surface area contributed by atoms with E-state index in [2.05, 4.69) is 24.1 Å². The van der Waals surface area contributed by atoms with Crippen molar-refractivity contribution in [1.82, 2.24) is 10.2 Å². The van der Waals surface area contributed by atoms with E-state index in [4.69, 9.17) is 5.11 Å². The number of hydrogen-bond acceptors (Lipinski definition) is 3. The summed E-state index contributed by atoms with van der Waals surface area (Å²) in [6.07, 6.45) is 4.67. The van der Waals surface area contributed by atoms with Gasteiger partial charge in [0.05, 0.1) is 0 Å². The Kier molecular flexibility index (Phi) is 7.28. The monoisotopic (exact) mass is 256 g/mol. The SMILES string of the molecule is CC(C)CCN(CCCC(=O)O)C1CCNCC1. The molecule has 106 valence electrons. The van der Waals surface area contributed by atoms with Crippen LogP contribution in [0.5, 0.6) is 0 Å². The average Bonchev–Trinajstić information content (AvgIpc) is 2.34. The van der Waals surface area contributed by atoms with E-state index in [1.807, 2.05) is 0 Å². The first kappa shape index (κ1) is 15.4. The fraction of sp³-hybridized carbons (Fsp3) is 0.929. The molecule has 0 saturated carbocycles. The third-order valence-corrected chi connectivity index (χ3v) is 3.65. The van der Waals surface area contributed by atoms with E-state index in [-0.39, 0.29) is 0 Å². The lowest BCUT2D eigenvalue weighted by Crippen LogP contribution is -2.44. The molecule has 0 spiro atoms. The summed E-state index contributed by atoms with van der Waals surface area (Å²) < 4.78 is 0. The van der Waals surface area contributed by atoms with E-state index in [1.165, 1.54) is 19.3 Å². The van der Waals surface area contributed by atoms with Gasteiger partial charge in [-0.05, 0) is 57.8 Å². The summed E-state index contributed by atoms with van der Waals surface area (Å²) in [5.74, 6) is 0.0396. The molecule has 0 aromatic heterocycles. The van der Waals surface area contributed by atoms with Crippen molar-refractivity contribution in [3.63, 3.8) is 0 Å². The first-order chi connectivity index (χ1) is 8.59. The molecule has 1 heterocycles. The molecule has 1 rings (SSSR count). The Hall–Kier alpha value is -0.610. The predicted molar refractivity (Wildman–Crippen MR) is 73.8 cm³/mol. The van der Waals surface area contributed by atoms with Crippen LogP contribution in [-0.2, 0) is 4.79 Å². The molecule has 1 fully saturated rings. The van der Waals surface area contributed by atoms with Gasteiger partial charge in [0.15, 0.2) is 0 Å². The molecule has 18 heavy (non-hydrogen) atoms. The molecule has 4 heteroatoms. The Bertz CT molecular complexity index is 238. The molecule has 1 aliphatic heterocycles. The molecule has 0 aliphatic carbocycles. The van der Waals surface area contributed by atoms with Crippen LogP contribution in [-0.4, -0.2) is 48.2 Å². The highest BCUT2D eigenvalue weighted by Gasteiger charge is 2.20. The van der Waals surface area contributed by atoms with Gasteiger partial charge >= 0.3 is 5.97 Å². The van der Waals surface area contributed by atoms with Gasteiger partial charge in [-0.2, -0.15) is 0 Å². The summed E-state index contributed by atoms with van der Waals surface area (Å²) >= 11 is 0. The minimum absolute atomic E-state index is 0.295. The van der Waals surface area contributed by atoms with Crippen molar-refractivity contribution in [3.05, 3.63) is 0 Å². The molecule has 0 amide bonds. The third kappa shape index (κ3) is 6.36. The smallest absolute Gasteiger partial charge is 0.303 e. The maximum atomic E-state index is 10.6. The molecule has 0 unspecified atom stereocenters. The van der Waals surface area contributed by atoms with Gasteiger partial charge < -0.3 is 15.3 Å². The molecule has 4 nitrogen and oxygen atoms in total. The van der Waals surface area contributed by atoms with E-state index >= 15 is 0 Å². The zero-order valence-electron chi connectivity index (χ0n) is 11.8. The van der Waals surface area contributed by atoms with E-state index in [0.717, 1.165) is 32.6 Å². The van der Waals surface area contributed by atoms with Crippen LogP contribution in [0.1, 0.15) is 46.0 Å². The lowest BCUT2D eigenvalue weighted by molar-refractivity contribution is -0.137. The average molecular weight is 256 g/mol. The predicted octanol–water partition coefficient (Wildman–Crippen LogP) is 1.95. The number of carboxylic acids is 1. The van der Waals surface area contributed by atoms with Gasteiger partial charge in [-0.3, -0.25) is 4.79 Å². The molecule has 0 aromatic carbocycles. The van der Waals surface area contributed by atoms with Crippen molar-refractivity contribution >= 4 is 5.97 Å². The lowest BCUT2D eigenvalue weighted by Gasteiger charge is -2.35. The van der Waals surface area contributed by atoms with Crippen LogP contribution in [0.3, 0.4) is 0 Å². The summed E-state index contributed by atoms with van der Waals surface area (Å²) in [5, 5.41) is 12.1. The first-order valence-electron chi connectivity index (χ1n) is 7.26. The summed E-state index contributed by atoms with van der Waals surface area (Å²) in [6, 6.07) is 0.652. The van der Waals surface area contributed by atoms with E-state index in [1.54, 1.807) is 0 Å². The Morgan fingerprint density at radius 1 is 1.33 bits per heavy atom. The molecule has 0 aromatic rings. The van der Waals surface area contributed by atoms with Gasteiger partial charge in [-0.25, -0.2) is 0 Å². The van der Waals surface area contributed by atoms with Crippen molar-refractivity contribution in [1.29, 1.82) is 0 Å². The minimum atomic E-state index is -0.677. The van der Waals surface area contributed by atoms with Crippen LogP contribution >= 0.6 is 0 Å². The van der Waals surface area contributed by atoms with E-state index in [9.17, 15) is 4.79 Å². The molecular weight excluding hydrogens is 228 g/mol. The quantitative estimate of drug-likeness (QED) is 0.697. The Labute approximate surface area is 111 Å². The zero-order chi connectivity index (χ0) is 13.4. The number of nitrogens with one attached hydrogen (secondary N) is 1. The van der Waals surface area contributed by atoms with Crippen molar-refractivity contribution in [2.45, 2.75) is 52.0 Å². The van der Waals surface area contributed by atoms with Crippen LogP contribution in [0.25, 0.3) is 0 Å². The molecule has 0 bridgehead atoms. The topological polar surface area (TPSA) is 52.6 Å². The molecule has 2 N–H and O–H groups in total. The maximum Gasteiger partial charge on any atom is 0.303 e.